The van der Waals surface area contributed by atoms with Crippen molar-refractivity contribution < 1.29 is 27.5 Å². The van der Waals surface area contributed by atoms with Crippen molar-refractivity contribution in [1.82, 2.24) is 4.31 Å². The van der Waals surface area contributed by atoms with Gasteiger partial charge in [0.2, 0.25) is 10.0 Å². The molecular formula is C20H24N2O6S. The molecule has 0 fully saturated rings. The number of nitrogens with zero attached hydrogens (tertiary/aromatic N) is 1. The van der Waals surface area contributed by atoms with Crippen molar-refractivity contribution in [2.75, 3.05) is 26.1 Å². The topological polar surface area (TPSA) is 102 Å². The van der Waals surface area contributed by atoms with Gasteiger partial charge in [0.05, 0.1) is 12.0 Å². The third-order valence-corrected chi connectivity index (χ3v) is 6.27. The number of aldehydes is 1. The van der Waals surface area contributed by atoms with E-state index in [0.717, 1.165) is 0 Å². The maximum absolute atomic E-state index is 12.5. The Balaban J connectivity index is 2.01. The van der Waals surface area contributed by atoms with Crippen LogP contribution in [0.3, 0.4) is 0 Å². The van der Waals surface area contributed by atoms with Gasteiger partial charge in [-0.15, -0.1) is 0 Å². The molecule has 2 aromatic carbocycles. The highest BCUT2D eigenvalue weighted by molar-refractivity contribution is 7.89. The molecule has 0 aliphatic carbocycles. The Kier molecular flexibility index (Phi) is 7.35. The van der Waals surface area contributed by atoms with Crippen LogP contribution in [0.4, 0.5) is 5.69 Å². The molecule has 1 N–H and O–H groups in total. The summed E-state index contributed by atoms with van der Waals surface area (Å²) in [5.41, 5.74) is 0.866. The number of hydrogen-bond donors (Lipinski definition) is 1. The second-order valence-electron chi connectivity index (χ2n) is 6.50. The normalized spacial score (nSPS) is 11.4. The van der Waals surface area contributed by atoms with E-state index < -0.39 is 15.9 Å². The van der Waals surface area contributed by atoms with Crippen LogP contribution in [-0.2, 0) is 14.8 Å². The van der Waals surface area contributed by atoms with Gasteiger partial charge in [0.15, 0.2) is 18.1 Å². The zero-order chi connectivity index (χ0) is 21.6. The van der Waals surface area contributed by atoms with Gasteiger partial charge in [-0.05, 0) is 56.3 Å². The van der Waals surface area contributed by atoms with E-state index in [1.54, 1.807) is 26.0 Å². The summed E-state index contributed by atoms with van der Waals surface area (Å²) in [6.07, 6.45) is 0.682. The van der Waals surface area contributed by atoms with Crippen LogP contribution in [0.2, 0.25) is 0 Å². The van der Waals surface area contributed by atoms with Crippen LogP contribution >= 0.6 is 0 Å². The molecule has 0 spiro atoms. The molecule has 29 heavy (non-hydrogen) atoms. The van der Waals surface area contributed by atoms with Gasteiger partial charge in [-0.25, -0.2) is 8.42 Å². The first-order chi connectivity index (χ1) is 13.7. The van der Waals surface area contributed by atoms with E-state index in [2.05, 4.69) is 5.32 Å². The van der Waals surface area contributed by atoms with Crippen LogP contribution in [0.5, 0.6) is 11.5 Å². The Labute approximate surface area is 170 Å². The molecule has 0 radical (unpaired) electrons. The predicted octanol–water partition coefficient (Wildman–Crippen LogP) is 2.55. The summed E-state index contributed by atoms with van der Waals surface area (Å²) in [5.74, 6) is 0.235. The maximum atomic E-state index is 12.5. The Morgan fingerprint density at radius 3 is 2.34 bits per heavy atom. The third-order valence-electron chi connectivity index (χ3n) is 4.22. The molecule has 0 aliphatic rings. The number of hydrogen-bond acceptors (Lipinski definition) is 6. The Morgan fingerprint density at radius 2 is 1.79 bits per heavy atom. The fourth-order valence-corrected chi connectivity index (χ4v) is 3.74. The molecule has 0 saturated carbocycles. The zero-order valence-electron chi connectivity index (χ0n) is 16.7. The number of amides is 1. The van der Waals surface area contributed by atoms with Crippen molar-refractivity contribution in [2.45, 2.75) is 24.8 Å². The highest BCUT2D eigenvalue weighted by Crippen LogP contribution is 2.27. The van der Waals surface area contributed by atoms with Crippen LogP contribution < -0.4 is 14.8 Å². The summed E-state index contributed by atoms with van der Waals surface area (Å²) >= 11 is 0. The van der Waals surface area contributed by atoms with Crippen molar-refractivity contribution in [3.63, 3.8) is 0 Å². The SMILES string of the molecule is COc1cc(C=O)ccc1OCC(=O)Nc1ccc(S(=O)(=O)N(C)C(C)C)cc1. The van der Waals surface area contributed by atoms with Gasteiger partial charge in [0.1, 0.15) is 6.29 Å². The monoisotopic (exact) mass is 420 g/mol. The second kappa shape index (κ2) is 9.53. The number of carbonyl (C=O) groups excluding carboxylic acids is 2. The van der Waals surface area contributed by atoms with Crippen molar-refractivity contribution >= 4 is 27.9 Å². The van der Waals surface area contributed by atoms with Crippen molar-refractivity contribution in [1.29, 1.82) is 0 Å². The molecule has 0 aromatic heterocycles. The lowest BCUT2D eigenvalue weighted by Crippen LogP contribution is -2.33. The van der Waals surface area contributed by atoms with Crippen LogP contribution in [0.1, 0.15) is 24.2 Å². The van der Waals surface area contributed by atoms with Gasteiger partial charge >= 0.3 is 0 Å². The predicted molar refractivity (Wildman–Crippen MR) is 109 cm³/mol. The number of benzene rings is 2. The van der Waals surface area contributed by atoms with Gasteiger partial charge in [-0.2, -0.15) is 4.31 Å². The van der Waals surface area contributed by atoms with E-state index in [9.17, 15) is 18.0 Å². The largest absolute Gasteiger partial charge is 0.493 e. The summed E-state index contributed by atoms with van der Waals surface area (Å²) in [5, 5.41) is 2.63. The summed E-state index contributed by atoms with van der Waals surface area (Å²) < 4.78 is 36.8. The lowest BCUT2D eigenvalue weighted by molar-refractivity contribution is -0.118. The third kappa shape index (κ3) is 5.55. The molecular weight excluding hydrogens is 396 g/mol. The molecule has 0 bridgehead atoms. The first-order valence-electron chi connectivity index (χ1n) is 8.83. The highest BCUT2D eigenvalue weighted by Gasteiger charge is 2.22. The molecule has 2 rings (SSSR count). The smallest absolute Gasteiger partial charge is 0.262 e. The number of carbonyl (C=O) groups is 2. The van der Waals surface area contributed by atoms with Crippen molar-refractivity contribution in [3.05, 3.63) is 48.0 Å². The van der Waals surface area contributed by atoms with Gasteiger partial charge in [-0.3, -0.25) is 9.59 Å². The van der Waals surface area contributed by atoms with Gasteiger partial charge in [0, 0.05) is 24.3 Å². The number of rotatable bonds is 9. The number of methoxy groups -OCH3 is 1. The number of ether oxygens (including phenoxy) is 2. The molecule has 0 unspecified atom stereocenters. The van der Waals surface area contributed by atoms with Crippen LogP contribution in [0.15, 0.2) is 47.4 Å². The Morgan fingerprint density at radius 1 is 1.14 bits per heavy atom. The average Bonchev–Trinajstić information content (AvgIpc) is 2.71. The quantitative estimate of drug-likeness (QED) is 0.626. The first-order valence-corrected chi connectivity index (χ1v) is 10.3. The maximum Gasteiger partial charge on any atom is 0.262 e. The molecule has 156 valence electrons. The summed E-state index contributed by atoms with van der Waals surface area (Å²) in [6.45, 7) is 3.29. The molecule has 0 atom stereocenters. The van der Waals surface area contributed by atoms with E-state index in [1.807, 2.05) is 0 Å². The van der Waals surface area contributed by atoms with E-state index in [-0.39, 0.29) is 17.5 Å². The molecule has 0 heterocycles. The Hall–Kier alpha value is -2.91. The Bertz CT molecular complexity index is 971. The van der Waals surface area contributed by atoms with Crippen molar-refractivity contribution in [2.24, 2.45) is 0 Å². The van der Waals surface area contributed by atoms with Gasteiger partial charge in [0.25, 0.3) is 5.91 Å². The molecule has 0 saturated heterocycles. The molecule has 8 nitrogen and oxygen atoms in total. The standard InChI is InChI=1S/C20H24N2O6S/c1-14(2)22(3)29(25,26)17-8-6-16(7-9-17)21-20(24)13-28-18-10-5-15(12-23)11-19(18)27-4/h5-12,14H,13H2,1-4H3,(H,21,24). The summed E-state index contributed by atoms with van der Waals surface area (Å²) in [6, 6.07) is 10.3. The fourth-order valence-electron chi connectivity index (χ4n) is 2.37. The minimum absolute atomic E-state index is 0.142. The minimum atomic E-state index is -3.59. The number of anilines is 1. The van der Waals surface area contributed by atoms with Gasteiger partial charge in [-0.1, -0.05) is 0 Å². The summed E-state index contributed by atoms with van der Waals surface area (Å²) in [4.78, 5) is 23.1. The van der Waals surface area contributed by atoms with E-state index in [0.29, 0.717) is 29.0 Å². The highest BCUT2D eigenvalue weighted by atomic mass is 32.2. The minimum Gasteiger partial charge on any atom is -0.493 e. The van der Waals surface area contributed by atoms with Crippen LogP contribution in [-0.4, -0.2) is 51.7 Å². The van der Waals surface area contributed by atoms with Crippen LogP contribution in [0, 0.1) is 0 Å². The van der Waals surface area contributed by atoms with E-state index in [4.69, 9.17) is 9.47 Å². The first kappa shape index (κ1) is 22.4. The average molecular weight is 420 g/mol. The lowest BCUT2D eigenvalue weighted by Gasteiger charge is -2.21. The fraction of sp³-hybridized carbons (Fsp3) is 0.300. The van der Waals surface area contributed by atoms with E-state index in [1.165, 1.54) is 48.8 Å². The number of sulfonamides is 1. The molecule has 1 amide bonds. The zero-order valence-corrected chi connectivity index (χ0v) is 17.5. The van der Waals surface area contributed by atoms with Crippen molar-refractivity contribution in [3.8, 4) is 11.5 Å². The van der Waals surface area contributed by atoms with Crippen LogP contribution in [0.25, 0.3) is 0 Å². The van der Waals surface area contributed by atoms with E-state index >= 15 is 0 Å². The van der Waals surface area contributed by atoms with Gasteiger partial charge < -0.3 is 14.8 Å². The molecule has 0 aliphatic heterocycles. The molecule has 9 heteroatoms. The molecule has 2 aromatic rings. The lowest BCUT2D eigenvalue weighted by atomic mass is 10.2. The number of nitrogens with one attached hydrogen (secondary N) is 1. The summed E-state index contributed by atoms with van der Waals surface area (Å²) in [7, 11) is -0.635. The second-order valence-corrected chi connectivity index (χ2v) is 8.50.